The summed E-state index contributed by atoms with van der Waals surface area (Å²) in [5, 5.41) is 10.7. The molecule has 0 aliphatic rings. The van der Waals surface area contributed by atoms with Gasteiger partial charge in [-0.05, 0) is 25.5 Å². The molecule has 0 fully saturated rings. The van der Waals surface area contributed by atoms with E-state index in [2.05, 4.69) is 0 Å². The second kappa shape index (κ2) is 5.32. The van der Waals surface area contributed by atoms with Crippen LogP contribution in [-0.4, -0.2) is 17.5 Å². The highest BCUT2D eigenvalue weighted by atomic mass is 35.5. The largest absolute Gasteiger partial charge is 0.464 e. The van der Waals surface area contributed by atoms with Crippen LogP contribution in [0, 0.1) is 10.1 Å². The molecule has 6 nitrogen and oxygen atoms in total. The van der Waals surface area contributed by atoms with Crippen LogP contribution < -0.4 is 5.73 Å². The molecule has 0 aromatic heterocycles. The molecule has 0 unspecified atom stereocenters. The first-order valence-corrected chi connectivity index (χ1v) is 5.59. The van der Waals surface area contributed by atoms with Crippen molar-refractivity contribution in [2.45, 2.75) is 19.4 Å². The zero-order chi connectivity index (χ0) is 13.9. The van der Waals surface area contributed by atoms with Gasteiger partial charge < -0.3 is 10.5 Å². The molecule has 0 spiro atoms. The first kappa shape index (κ1) is 14.4. The number of nitrogens with zero attached hydrogens (tertiary/aromatic N) is 1. The summed E-state index contributed by atoms with van der Waals surface area (Å²) < 4.78 is 4.82. The lowest BCUT2D eigenvalue weighted by atomic mass is 9.93. The van der Waals surface area contributed by atoms with Gasteiger partial charge in [0.25, 0.3) is 5.69 Å². The van der Waals surface area contributed by atoms with Gasteiger partial charge in [0, 0.05) is 6.07 Å². The fraction of sp³-hybridized carbons (Fsp3) is 0.364. The molecule has 1 aromatic rings. The molecule has 0 saturated carbocycles. The molecule has 0 aliphatic carbocycles. The quantitative estimate of drug-likeness (QED) is 0.514. The number of carbonyl (C=O) groups is 1. The van der Waals surface area contributed by atoms with E-state index in [-0.39, 0.29) is 22.9 Å². The third-order valence-corrected chi connectivity index (χ3v) is 2.76. The molecule has 0 saturated heterocycles. The van der Waals surface area contributed by atoms with Crippen LogP contribution in [0.1, 0.15) is 19.4 Å². The minimum absolute atomic E-state index is 0.0107. The Morgan fingerprint density at radius 2 is 2.22 bits per heavy atom. The maximum atomic E-state index is 11.7. The molecule has 1 atom stereocenters. The lowest BCUT2D eigenvalue weighted by molar-refractivity contribution is -0.384. The van der Waals surface area contributed by atoms with Crippen molar-refractivity contribution in [1.29, 1.82) is 0 Å². The molecule has 1 rings (SSSR count). The van der Waals surface area contributed by atoms with Crippen LogP contribution in [0.4, 0.5) is 5.69 Å². The summed E-state index contributed by atoms with van der Waals surface area (Å²) in [4.78, 5) is 21.8. The van der Waals surface area contributed by atoms with Crippen molar-refractivity contribution in [2.75, 3.05) is 6.61 Å². The second-order valence-electron chi connectivity index (χ2n) is 3.85. The van der Waals surface area contributed by atoms with E-state index in [9.17, 15) is 14.9 Å². The normalized spacial score (nSPS) is 13.8. The highest BCUT2D eigenvalue weighted by Crippen LogP contribution is 2.29. The molecule has 0 aliphatic heterocycles. The Morgan fingerprint density at radius 1 is 1.61 bits per heavy atom. The van der Waals surface area contributed by atoms with Crippen LogP contribution in [0.25, 0.3) is 0 Å². The predicted molar refractivity (Wildman–Crippen MR) is 66.3 cm³/mol. The summed E-state index contributed by atoms with van der Waals surface area (Å²) in [7, 11) is 0. The monoisotopic (exact) mass is 272 g/mol. The Hall–Kier alpha value is -1.66. The zero-order valence-corrected chi connectivity index (χ0v) is 10.7. The maximum absolute atomic E-state index is 11.7. The average molecular weight is 273 g/mol. The van der Waals surface area contributed by atoms with Gasteiger partial charge in [0.1, 0.15) is 10.6 Å². The van der Waals surface area contributed by atoms with Gasteiger partial charge in [0.2, 0.25) is 0 Å². The molecule has 2 N–H and O–H groups in total. The van der Waals surface area contributed by atoms with E-state index in [0.717, 1.165) is 0 Å². The molecular weight excluding hydrogens is 260 g/mol. The fourth-order valence-corrected chi connectivity index (χ4v) is 1.56. The van der Waals surface area contributed by atoms with Crippen molar-refractivity contribution in [3.05, 3.63) is 38.9 Å². The Morgan fingerprint density at radius 3 is 2.72 bits per heavy atom. The molecule has 0 bridgehead atoms. The van der Waals surface area contributed by atoms with Crippen LogP contribution in [0.2, 0.25) is 5.02 Å². The van der Waals surface area contributed by atoms with Gasteiger partial charge in [-0.25, -0.2) is 4.79 Å². The summed E-state index contributed by atoms with van der Waals surface area (Å²) in [5.74, 6) is -0.651. The van der Waals surface area contributed by atoms with E-state index in [0.29, 0.717) is 0 Å². The van der Waals surface area contributed by atoms with Gasteiger partial charge in [-0.2, -0.15) is 0 Å². The second-order valence-corrected chi connectivity index (χ2v) is 4.25. The third kappa shape index (κ3) is 2.77. The Kier molecular flexibility index (Phi) is 4.26. The number of nitrogens with two attached hydrogens (primary N) is 1. The number of nitro benzene ring substituents is 1. The number of carbonyl (C=O) groups excluding carboxylic acids is 1. The highest BCUT2D eigenvalue weighted by Gasteiger charge is 2.33. The fourth-order valence-electron chi connectivity index (χ4n) is 1.37. The van der Waals surface area contributed by atoms with Crippen LogP contribution in [0.3, 0.4) is 0 Å². The minimum atomic E-state index is -1.45. The lowest BCUT2D eigenvalue weighted by Gasteiger charge is -2.22. The molecule has 0 radical (unpaired) electrons. The van der Waals surface area contributed by atoms with Crippen molar-refractivity contribution < 1.29 is 14.5 Å². The number of benzene rings is 1. The summed E-state index contributed by atoms with van der Waals surface area (Å²) in [6.07, 6.45) is 0. The molecule has 1 aromatic carbocycles. The Balaban J connectivity index is 3.21. The summed E-state index contributed by atoms with van der Waals surface area (Å²) in [5.41, 5.74) is 4.37. The lowest BCUT2D eigenvalue weighted by Crippen LogP contribution is -2.43. The van der Waals surface area contributed by atoms with Gasteiger partial charge in [-0.3, -0.25) is 10.1 Å². The number of ether oxygens (including phenoxy) is 1. The number of hydrogen-bond acceptors (Lipinski definition) is 5. The van der Waals surface area contributed by atoms with E-state index in [4.69, 9.17) is 22.1 Å². The smallest absolute Gasteiger partial charge is 0.330 e. The molecule has 18 heavy (non-hydrogen) atoms. The van der Waals surface area contributed by atoms with Gasteiger partial charge in [-0.1, -0.05) is 17.7 Å². The third-order valence-electron chi connectivity index (χ3n) is 2.44. The van der Waals surface area contributed by atoms with Crippen LogP contribution >= 0.6 is 11.6 Å². The zero-order valence-electron chi connectivity index (χ0n) is 9.97. The SMILES string of the molecule is CCOC(=O)[C@](C)(N)c1ccc(Cl)c([N+](=O)[O-])c1. The molecule has 0 amide bonds. The molecular formula is C11H13ClN2O4. The van der Waals surface area contributed by atoms with E-state index in [1.807, 2.05) is 0 Å². The van der Waals surface area contributed by atoms with Crippen molar-refractivity contribution in [3.63, 3.8) is 0 Å². The van der Waals surface area contributed by atoms with Crippen molar-refractivity contribution >= 4 is 23.3 Å². The predicted octanol–water partition coefficient (Wildman–Crippen LogP) is 1.99. The number of esters is 1. The highest BCUT2D eigenvalue weighted by molar-refractivity contribution is 6.32. The molecule has 0 heterocycles. The number of nitro groups is 1. The summed E-state index contributed by atoms with van der Waals surface area (Å²) >= 11 is 5.68. The average Bonchev–Trinajstić information content (AvgIpc) is 2.29. The summed E-state index contributed by atoms with van der Waals surface area (Å²) in [6.45, 7) is 3.26. The van der Waals surface area contributed by atoms with E-state index < -0.39 is 16.4 Å². The van der Waals surface area contributed by atoms with E-state index >= 15 is 0 Å². The van der Waals surface area contributed by atoms with Crippen LogP contribution in [-0.2, 0) is 15.1 Å². The first-order chi connectivity index (χ1) is 8.30. The Labute approximate surface area is 109 Å². The van der Waals surface area contributed by atoms with Crippen molar-refractivity contribution in [3.8, 4) is 0 Å². The van der Waals surface area contributed by atoms with E-state index in [1.54, 1.807) is 6.92 Å². The van der Waals surface area contributed by atoms with Gasteiger partial charge >= 0.3 is 5.97 Å². The number of hydrogen-bond donors (Lipinski definition) is 1. The minimum Gasteiger partial charge on any atom is -0.464 e. The Bertz CT molecular complexity index is 488. The number of rotatable bonds is 4. The standard InChI is InChI=1S/C11H13ClN2O4/c1-3-18-10(15)11(2,13)7-4-5-8(12)9(6-7)14(16)17/h4-6H,3,13H2,1-2H3/t11-/m1/s1. The topological polar surface area (TPSA) is 95.5 Å². The molecule has 98 valence electrons. The van der Waals surface area contributed by atoms with Gasteiger partial charge in [0.15, 0.2) is 0 Å². The van der Waals surface area contributed by atoms with Crippen molar-refractivity contribution in [2.24, 2.45) is 5.73 Å². The van der Waals surface area contributed by atoms with Crippen LogP contribution in [0.5, 0.6) is 0 Å². The first-order valence-electron chi connectivity index (χ1n) is 5.21. The van der Waals surface area contributed by atoms with Crippen molar-refractivity contribution in [1.82, 2.24) is 0 Å². The van der Waals surface area contributed by atoms with Gasteiger partial charge in [0.05, 0.1) is 11.5 Å². The molecule has 7 heteroatoms. The van der Waals surface area contributed by atoms with Gasteiger partial charge in [-0.15, -0.1) is 0 Å². The summed E-state index contributed by atoms with van der Waals surface area (Å²) in [6, 6.07) is 3.98. The maximum Gasteiger partial charge on any atom is 0.330 e. The number of halogens is 1. The van der Waals surface area contributed by atoms with Crippen LogP contribution in [0.15, 0.2) is 18.2 Å². The van der Waals surface area contributed by atoms with E-state index in [1.165, 1.54) is 25.1 Å².